The number of rotatable bonds is 24. The summed E-state index contributed by atoms with van der Waals surface area (Å²) >= 11 is 0. The number of hydrogen-bond donors (Lipinski definition) is 9. The van der Waals surface area contributed by atoms with E-state index in [0.29, 0.717) is 0 Å². The number of ether oxygens (including phenoxy) is 3. The van der Waals surface area contributed by atoms with Crippen molar-refractivity contribution >= 4 is 119 Å². The van der Waals surface area contributed by atoms with Crippen molar-refractivity contribution in [1.82, 2.24) is 14.7 Å². The van der Waals surface area contributed by atoms with Crippen molar-refractivity contribution in [3.63, 3.8) is 0 Å². The number of benzene rings is 4. The second kappa shape index (κ2) is 24.6. The van der Waals surface area contributed by atoms with Gasteiger partial charge in [-0.3, -0.25) is 46.6 Å². The van der Waals surface area contributed by atoms with Gasteiger partial charge < -0.3 is 75.7 Å². The van der Waals surface area contributed by atoms with Crippen LogP contribution >= 0.6 is 31.3 Å². The fourth-order valence-electron chi connectivity index (χ4n) is 12.2. The number of aliphatic hydroxyl groups is 1. The molecule has 3 fully saturated rings. The van der Waals surface area contributed by atoms with Gasteiger partial charge in [0.2, 0.25) is 0 Å². The highest BCUT2D eigenvalue weighted by Gasteiger charge is 2.52. The molecule has 35 nitrogen and oxygen atoms in total. The summed E-state index contributed by atoms with van der Waals surface area (Å²) in [5.41, 5.74) is 19.1. The molecule has 4 aromatic rings. The van der Waals surface area contributed by atoms with Crippen LogP contribution < -0.4 is 17.2 Å². The third-order valence-corrected chi connectivity index (χ3v) is 20.0. The van der Waals surface area contributed by atoms with Crippen molar-refractivity contribution in [2.75, 3.05) is 33.0 Å². The Balaban J connectivity index is 0.681. The first-order chi connectivity index (χ1) is 42.6. The number of fused-ring (bicyclic) bond motifs is 3. The Hall–Kier alpha value is -5.97. The van der Waals surface area contributed by atoms with Crippen LogP contribution in [-0.4, -0.2) is 225 Å². The van der Waals surface area contributed by atoms with Gasteiger partial charge in [-0.1, -0.05) is 54.6 Å². The number of hydrogen-bond acceptors (Lipinski definition) is 30. The zero-order valence-corrected chi connectivity index (χ0v) is 50.1. The summed E-state index contributed by atoms with van der Waals surface area (Å²) in [6.07, 6.45) is -6.47. The largest absolute Gasteiger partial charge is 0.472 e. The van der Waals surface area contributed by atoms with Crippen molar-refractivity contribution in [2.24, 2.45) is 68.1 Å². The minimum absolute atomic E-state index is 0.138. The Bertz CT molecular complexity index is 3840. The Morgan fingerprint density at radius 1 is 0.517 bits per heavy atom. The van der Waals surface area contributed by atoms with Gasteiger partial charge in [-0.05, 0) is 44.3 Å². The molecule has 9 aliphatic heterocycles. The van der Waals surface area contributed by atoms with Gasteiger partial charge in [0.1, 0.15) is 110 Å². The molecular weight excluding hydrogens is 1250 g/mol. The summed E-state index contributed by atoms with van der Waals surface area (Å²) in [6.45, 7) is -3.27. The van der Waals surface area contributed by atoms with Crippen molar-refractivity contribution in [1.29, 1.82) is 0 Å². The van der Waals surface area contributed by atoms with Gasteiger partial charge >= 0.3 is 31.3 Å². The predicted molar refractivity (Wildman–Crippen MR) is 318 cm³/mol. The van der Waals surface area contributed by atoms with E-state index >= 15 is 0 Å². The van der Waals surface area contributed by atoms with Crippen LogP contribution in [0.15, 0.2) is 99.5 Å². The third kappa shape index (κ3) is 13.0. The number of nitrogens with two attached hydrogens (primary N) is 3. The average Bonchev–Trinajstić information content (AvgIpc) is 1.83. The molecule has 89 heavy (non-hydrogen) atoms. The molecule has 476 valence electrons. The minimum atomic E-state index is -5.30. The van der Waals surface area contributed by atoms with Crippen LogP contribution in [-0.2, 0) is 70.6 Å². The summed E-state index contributed by atoms with van der Waals surface area (Å²) in [5, 5.41) is 16.8. The summed E-state index contributed by atoms with van der Waals surface area (Å²) < 4.78 is 111. The zero-order chi connectivity index (χ0) is 62.1. The number of nitrogens with zero attached hydrogens (tertiary/aromatic N) is 12. The smallest absolute Gasteiger partial charge is 0.396 e. The summed E-state index contributed by atoms with van der Waals surface area (Å²) in [4.78, 5) is 96.3. The van der Waals surface area contributed by atoms with Crippen LogP contribution in [0.5, 0.6) is 0 Å². The van der Waals surface area contributed by atoms with E-state index in [0.717, 1.165) is 37.9 Å². The van der Waals surface area contributed by atoms with Crippen molar-refractivity contribution in [2.45, 2.75) is 118 Å². The highest BCUT2D eigenvalue weighted by atomic mass is 31.2. The first-order valence-corrected chi connectivity index (χ1v) is 33.9. The van der Waals surface area contributed by atoms with E-state index in [1.807, 2.05) is 48.5 Å². The van der Waals surface area contributed by atoms with Crippen LogP contribution in [0, 0.1) is 5.92 Å². The monoisotopic (exact) mass is 1320 g/mol. The quantitative estimate of drug-likeness (QED) is 0.0349. The molecule has 0 amide bonds. The zero-order valence-electron chi connectivity index (χ0n) is 46.5. The van der Waals surface area contributed by atoms with Crippen molar-refractivity contribution in [3.05, 3.63) is 60.2 Å². The number of phosphoric ester groups is 4. The molecule has 0 spiro atoms. The predicted octanol–water partition coefficient (Wildman–Crippen LogP) is 1.01. The molecule has 13 rings (SSSR count). The Kier molecular flexibility index (Phi) is 17.1. The number of aliphatic hydroxyl groups excluding tert-OH is 1. The van der Waals surface area contributed by atoms with E-state index < -0.39 is 162 Å². The van der Waals surface area contributed by atoms with E-state index in [-0.39, 0.29) is 43.2 Å². The standard InChI is InChI=1S/C50H61N15O20P4/c51-45-42-48(57-19-54-45)63(22-60-42)37-11-31(83-86(67,68)69)34(80-37)17-78-88(72,73)85-33-13-39(65-24-62-44-47(53)56-21-59-50(44)65)82-36(33)18-79-89(74,75)84-32-12-38(64-23-61-43-46(52)55-20-58-49(43)64)81-35(32)16-77-87(70,71)76-15-25(14-66)10-29-7-6-28-5-4-26-2-1-3-27-8-9-30(29)41(28)40(26)27/h1-9,19-25,31-39,42-44,48-50,66H,10-18H2,(H,70,71)(H,72,73)(H,74,75)(H2,51,54,57)(H2,52,55,58)(H2,53,56,59)(H2,67,68,69). The molecule has 12 N–H and O–H groups in total. The summed E-state index contributed by atoms with van der Waals surface area (Å²) in [6, 6.07) is 16.1. The lowest BCUT2D eigenvalue weighted by Gasteiger charge is -2.30. The molecule has 0 aromatic heterocycles. The lowest BCUT2D eigenvalue weighted by atomic mass is 9.89. The van der Waals surface area contributed by atoms with E-state index in [2.05, 4.69) is 51.0 Å². The maximum absolute atomic E-state index is 14.2. The maximum Gasteiger partial charge on any atom is 0.472 e. The van der Waals surface area contributed by atoms with Gasteiger partial charge in [-0.15, -0.1) is 0 Å². The van der Waals surface area contributed by atoms with Crippen LogP contribution in [0.3, 0.4) is 0 Å². The fourth-order valence-corrected chi connectivity index (χ4v) is 15.5. The fraction of sp³-hybridized carbons (Fsp3) is 0.500. The first-order valence-electron chi connectivity index (χ1n) is 27.9. The van der Waals surface area contributed by atoms with Gasteiger partial charge in [0.25, 0.3) is 0 Å². The van der Waals surface area contributed by atoms with Gasteiger partial charge in [0, 0.05) is 31.8 Å². The molecule has 0 aliphatic carbocycles. The molecule has 39 heteroatoms. The molecule has 19 atom stereocenters. The Morgan fingerprint density at radius 2 is 0.921 bits per heavy atom. The molecule has 9 heterocycles. The number of aliphatic imine (C=N–C) groups is 9. The average molecular weight is 1320 g/mol. The number of amidine groups is 3. The van der Waals surface area contributed by atoms with E-state index in [1.54, 1.807) is 4.90 Å². The molecule has 0 radical (unpaired) electrons. The van der Waals surface area contributed by atoms with Crippen LogP contribution in [0.2, 0.25) is 0 Å². The van der Waals surface area contributed by atoms with Crippen LogP contribution in [0.25, 0.3) is 32.3 Å². The van der Waals surface area contributed by atoms with Crippen molar-refractivity contribution in [3.8, 4) is 0 Å². The molecule has 19 unspecified atom stereocenters. The molecule has 9 aliphatic rings. The highest BCUT2D eigenvalue weighted by molar-refractivity contribution is 7.48. The molecule has 0 saturated carbocycles. The number of phosphoric acid groups is 4. The lowest BCUT2D eigenvalue weighted by molar-refractivity contribution is -0.0744. The van der Waals surface area contributed by atoms with Gasteiger partial charge in [-0.2, -0.15) is 0 Å². The summed E-state index contributed by atoms with van der Waals surface area (Å²) in [5.74, 6) is -0.201. The summed E-state index contributed by atoms with van der Waals surface area (Å²) in [7, 11) is -20.7. The van der Waals surface area contributed by atoms with Gasteiger partial charge in [0.05, 0.1) is 45.4 Å². The topological polar surface area (TPSA) is 481 Å². The SMILES string of the molecule is NC1=NC=NC2C1N=CN2C1CC(OP(=O)(O)O)C(COP(=O)(O)OC2CC(N3C=NC4C(N)=NC=NC43)OC2COP(=O)(O)OC2CC(N3C=NC4C(N)=NC=NC43)OC2COP(=O)(O)OCC(CO)Cc2ccc3ccc4cccc5ccc2c3c45)O1. The van der Waals surface area contributed by atoms with Crippen molar-refractivity contribution < 1.29 is 93.7 Å². The molecule has 4 aromatic carbocycles. The van der Waals surface area contributed by atoms with Crippen LogP contribution in [0.1, 0.15) is 24.8 Å². The highest BCUT2D eigenvalue weighted by Crippen LogP contribution is 2.53. The minimum Gasteiger partial charge on any atom is -0.396 e. The first kappa shape index (κ1) is 61.9. The van der Waals surface area contributed by atoms with Crippen LogP contribution in [0.4, 0.5) is 0 Å². The Labute approximate surface area is 504 Å². The van der Waals surface area contributed by atoms with E-state index in [9.17, 15) is 47.8 Å². The van der Waals surface area contributed by atoms with E-state index in [1.165, 1.54) is 47.8 Å². The lowest BCUT2D eigenvalue weighted by Crippen LogP contribution is -2.47. The molecule has 3 saturated heterocycles. The second-order valence-electron chi connectivity index (χ2n) is 22.1. The Morgan fingerprint density at radius 3 is 1.36 bits per heavy atom. The molecule has 0 bridgehead atoms. The van der Waals surface area contributed by atoms with E-state index in [4.69, 9.17) is 63.1 Å². The van der Waals surface area contributed by atoms with Gasteiger partial charge in [-0.25, -0.2) is 48.2 Å². The third-order valence-electron chi connectivity index (χ3n) is 16.4. The normalized spacial score (nSPS) is 33.7. The second-order valence-corrected chi connectivity index (χ2v) is 27.6. The maximum atomic E-state index is 14.2. The molecular formula is C50H61N15O20P4. The van der Waals surface area contributed by atoms with Gasteiger partial charge in [0.15, 0.2) is 18.5 Å².